The molecule has 7 heteroatoms. The van der Waals surface area contributed by atoms with Gasteiger partial charge in [-0.1, -0.05) is 62.4 Å². The first-order valence-corrected chi connectivity index (χ1v) is 11.5. The molecule has 0 bridgehead atoms. The fourth-order valence-corrected chi connectivity index (χ4v) is 3.97. The summed E-state index contributed by atoms with van der Waals surface area (Å²) in [5.74, 6) is 0.915. The average molecular weight is 486 g/mol. The molecule has 1 N–H and O–H groups in total. The van der Waals surface area contributed by atoms with Gasteiger partial charge in [-0.3, -0.25) is 4.90 Å². The number of aliphatic hydroxyl groups is 1. The standard InChI is InChI=1S/C28H33F2NO4/c1-28(2,21-8-6-5-7-9-21)22-11-13-24(14-12-22)34-19-23(32)18-31(3)17-20-10-15-25(35-27(29)30)26(16-20)33-4/h5-16,23,27,32H,17-19H2,1-4H3/t23-/m1/s1. The van der Waals surface area contributed by atoms with E-state index in [0.29, 0.717) is 18.8 Å². The van der Waals surface area contributed by atoms with E-state index in [0.717, 1.165) is 5.56 Å². The largest absolute Gasteiger partial charge is 0.493 e. The molecule has 188 valence electrons. The Labute approximate surface area is 205 Å². The molecular formula is C28H33F2NO4. The van der Waals surface area contributed by atoms with Gasteiger partial charge < -0.3 is 19.3 Å². The maximum absolute atomic E-state index is 12.5. The minimum atomic E-state index is -2.92. The zero-order valence-electron chi connectivity index (χ0n) is 20.6. The fraction of sp³-hybridized carbons (Fsp3) is 0.357. The third-order valence-corrected chi connectivity index (χ3v) is 5.93. The van der Waals surface area contributed by atoms with Crippen LogP contribution in [0.3, 0.4) is 0 Å². The lowest BCUT2D eigenvalue weighted by molar-refractivity contribution is -0.0512. The maximum atomic E-state index is 12.5. The van der Waals surface area contributed by atoms with Crippen LogP contribution in [0.25, 0.3) is 0 Å². The number of nitrogens with zero attached hydrogens (tertiary/aromatic N) is 1. The second-order valence-electron chi connectivity index (χ2n) is 9.04. The first kappa shape index (κ1) is 26.4. The number of aliphatic hydroxyl groups excluding tert-OH is 1. The van der Waals surface area contributed by atoms with Gasteiger partial charge in [-0.15, -0.1) is 0 Å². The van der Waals surface area contributed by atoms with Gasteiger partial charge in [0.15, 0.2) is 11.5 Å². The SMILES string of the molecule is COc1cc(CN(C)C[C@@H](O)COc2ccc(C(C)(C)c3ccccc3)cc2)ccc1OC(F)F. The van der Waals surface area contributed by atoms with Crippen LogP contribution in [0.2, 0.25) is 0 Å². The number of halogens is 2. The van der Waals surface area contributed by atoms with E-state index in [2.05, 4.69) is 42.8 Å². The number of hydrogen-bond donors (Lipinski definition) is 1. The van der Waals surface area contributed by atoms with Gasteiger partial charge in [-0.05, 0) is 48.0 Å². The van der Waals surface area contributed by atoms with E-state index >= 15 is 0 Å². The van der Waals surface area contributed by atoms with Gasteiger partial charge in [0, 0.05) is 18.5 Å². The molecule has 0 aliphatic rings. The van der Waals surface area contributed by atoms with E-state index in [4.69, 9.17) is 9.47 Å². The van der Waals surface area contributed by atoms with E-state index in [-0.39, 0.29) is 23.5 Å². The molecule has 0 aromatic heterocycles. The van der Waals surface area contributed by atoms with Crippen molar-refractivity contribution in [2.45, 2.75) is 38.5 Å². The van der Waals surface area contributed by atoms with Crippen molar-refractivity contribution in [3.63, 3.8) is 0 Å². The highest BCUT2D eigenvalue weighted by molar-refractivity contribution is 5.43. The Kier molecular flexibility index (Phi) is 9.07. The zero-order chi connectivity index (χ0) is 25.4. The highest BCUT2D eigenvalue weighted by atomic mass is 19.3. The summed E-state index contributed by atoms with van der Waals surface area (Å²) >= 11 is 0. The first-order valence-electron chi connectivity index (χ1n) is 11.5. The van der Waals surface area contributed by atoms with Crippen molar-refractivity contribution in [3.8, 4) is 17.2 Å². The van der Waals surface area contributed by atoms with Crippen LogP contribution in [0, 0.1) is 0 Å². The van der Waals surface area contributed by atoms with Crippen molar-refractivity contribution < 1.29 is 28.1 Å². The summed E-state index contributed by atoms with van der Waals surface area (Å²) in [4.78, 5) is 1.92. The number of alkyl halides is 2. The van der Waals surface area contributed by atoms with Crippen LogP contribution in [0.15, 0.2) is 72.8 Å². The van der Waals surface area contributed by atoms with Gasteiger partial charge in [0.1, 0.15) is 18.5 Å². The fourth-order valence-electron chi connectivity index (χ4n) is 3.97. The quantitative estimate of drug-likeness (QED) is 0.368. The molecule has 0 unspecified atom stereocenters. The van der Waals surface area contributed by atoms with Crippen molar-refractivity contribution in [1.29, 1.82) is 0 Å². The molecule has 0 radical (unpaired) electrons. The summed E-state index contributed by atoms with van der Waals surface area (Å²) in [5.41, 5.74) is 3.13. The molecular weight excluding hydrogens is 452 g/mol. The summed E-state index contributed by atoms with van der Waals surface area (Å²) < 4.78 is 40.4. The molecule has 0 amide bonds. The van der Waals surface area contributed by atoms with Crippen LogP contribution in [0.4, 0.5) is 8.78 Å². The van der Waals surface area contributed by atoms with Gasteiger partial charge in [0.25, 0.3) is 0 Å². The second kappa shape index (κ2) is 12.0. The summed E-state index contributed by atoms with van der Waals surface area (Å²) in [5, 5.41) is 10.4. The number of hydrogen-bond acceptors (Lipinski definition) is 5. The van der Waals surface area contributed by atoms with Crippen LogP contribution in [-0.2, 0) is 12.0 Å². The number of benzene rings is 3. The lowest BCUT2D eigenvalue weighted by Gasteiger charge is -2.26. The molecule has 3 aromatic carbocycles. The molecule has 0 aliphatic heterocycles. The Morgan fingerprint density at radius 1 is 0.914 bits per heavy atom. The van der Waals surface area contributed by atoms with Crippen molar-refractivity contribution in [2.24, 2.45) is 0 Å². The minimum Gasteiger partial charge on any atom is -0.493 e. The number of likely N-dealkylation sites (N-methyl/N-ethyl adjacent to an activating group) is 1. The Bertz CT molecular complexity index is 1060. The van der Waals surface area contributed by atoms with E-state index in [1.165, 1.54) is 24.3 Å². The third-order valence-electron chi connectivity index (χ3n) is 5.93. The van der Waals surface area contributed by atoms with E-state index < -0.39 is 12.7 Å². The van der Waals surface area contributed by atoms with Crippen LogP contribution < -0.4 is 14.2 Å². The molecule has 0 saturated heterocycles. The molecule has 0 fully saturated rings. The Balaban J connectivity index is 1.50. The van der Waals surface area contributed by atoms with Crippen LogP contribution in [-0.4, -0.2) is 50.0 Å². The van der Waals surface area contributed by atoms with Crippen molar-refractivity contribution in [2.75, 3.05) is 27.3 Å². The molecule has 3 aromatic rings. The summed E-state index contributed by atoms with van der Waals surface area (Å²) in [6.45, 7) is 2.47. The number of methoxy groups -OCH3 is 1. The van der Waals surface area contributed by atoms with E-state index in [9.17, 15) is 13.9 Å². The van der Waals surface area contributed by atoms with Gasteiger partial charge in [-0.2, -0.15) is 8.78 Å². The van der Waals surface area contributed by atoms with Crippen molar-refractivity contribution in [1.82, 2.24) is 4.90 Å². The molecule has 0 aliphatic carbocycles. The Morgan fingerprint density at radius 2 is 1.57 bits per heavy atom. The van der Waals surface area contributed by atoms with Crippen molar-refractivity contribution in [3.05, 3.63) is 89.5 Å². The highest BCUT2D eigenvalue weighted by Gasteiger charge is 2.22. The Hall–Kier alpha value is -3.16. The average Bonchev–Trinajstić information content (AvgIpc) is 2.84. The van der Waals surface area contributed by atoms with Crippen molar-refractivity contribution >= 4 is 0 Å². The topological polar surface area (TPSA) is 51.2 Å². The van der Waals surface area contributed by atoms with Crippen LogP contribution in [0.1, 0.15) is 30.5 Å². The van der Waals surface area contributed by atoms with Gasteiger partial charge in [0.05, 0.1) is 7.11 Å². The Morgan fingerprint density at radius 3 is 2.20 bits per heavy atom. The summed E-state index contributed by atoms with van der Waals surface area (Å²) in [6.07, 6.45) is -0.705. The lowest BCUT2D eigenvalue weighted by atomic mass is 9.78. The first-order chi connectivity index (χ1) is 16.7. The van der Waals surface area contributed by atoms with Gasteiger partial charge in [0.2, 0.25) is 0 Å². The maximum Gasteiger partial charge on any atom is 0.387 e. The molecule has 0 saturated carbocycles. The molecule has 1 atom stereocenters. The monoisotopic (exact) mass is 485 g/mol. The third kappa shape index (κ3) is 7.41. The summed E-state index contributed by atoms with van der Waals surface area (Å²) in [6, 6.07) is 23.1. The second-order valence-corrected chi connectivity index (χ2v) is 9.04. The van der Waals surface area contributed by atoms with E-state index in [1.54, 1.807) is 12.1 Å². The van der Waals surface area contributed by atoms with Gasteiger partial charge in [-0.25, -0.2) is 0 Å². The van der Waals surface area contributed by atoms with Crippen LogP contribution in [0.5, 0.6) is 17.2 Å². The van der Waals surface area contributed by atoms with E-state index in [1.807, 2.05) is 42.3 Å². The predicted molar refractivity (Wildman–Crippen MR) is 132 cm³/mol. The molecule has 0 heterocycles. The molecule has 3 rings (SSSR count). The molecule has 0 spiro atoms. The minimum absolute atomic E-state index is 0.0134. The number of ether oxygens (including phenoxy) is 3. The number of rotatable bonds is 12. The van der Waals surface area contributed by atoms with Crippen LogP contribution >= 0.6 is 0 Å². The highest BCUT2D eigenvalue weighted by Crippen LogP contribution is 2.32. The molecule has 35 heavy (non-hydrogen) atoms. The lowest BCUT2D eigenvalue weighted by Crippen LogP contribution is -2.32. The normalized spacial score (nSPS) is 12.6. The summed E-state index contributed by atoms with van der Waals surface area (Å²) in [7, 11) is 3.26. The smallest absolute Gasteiger partial charge is 0.387 e. The zero-order valence-corrected chi connectivity index (χ0v) is 20.6. The van der Waals surface area contributed by atoms with Gasteiger partial charge >= 0.3 is 6.61 Å². The molecule has 5 nitrogen and oxygen atoms in total. The predicted octanol–water partition coefficient (Wildman–Crippen LogP) is 5.49.